The third-order valence-corrected chi connectivity index (χ3v) is 18.2. The number of nitrogens with zero attached hydrogens (tertiary/aromatic N) is 8. The Kier molecular flexibility index (Phi) is 33.5. The van der Waals surface area contributed by atoms with Crippen LogP contribution in [0, 0.1) is 36.4 Å². The van der Waals surface area contributed by atoms with Crippen molar-refractivity contribution in [3.63, 3.8) is 0 Å². The van der Waals surface area contributed by atoms with Crippen LogP contribution in [0.15, 0.2) is 122 Å². The quantitative estimate of drug-likeness (QED) is 0.0256. The SMILES string of the molecule is CCCCN(C)Cc1cn[nH]c1-c1cc(C)c(OCC2CC2)c(Cl)c1.CCCCN(C)Cc1cn[nH]c1-c1cc(CC(C)C)cc(CC(C)C)c1.CCCCN(C)Cc1cn[nH]c1-c1ccc(Oc2ccccc2C(=O)NC)cc1.CCCN(C)Cc1cn[nH]c1-c1ccc(F)c(CC(C)C)c1. The highest BCUT2D eigenvalue weighted by molar-refractivity contribution is 6.32. The van der Waals surface area contributed by atoms with Crippen LogP contribution in [0.3, 0.4) is 0 Å². The van der Waals surface area contributed by atoms with Gasteiger partial charge in [0.25, 0.3) is 5.91 Å². The molecule has 4 aromatic heterocycles. The molecule has 552 valence electrons. The molecule has 16 nitrogen and oxygen atoms in total. The van der Waals surface area contributed by atoms with Crippen molar-refractivity contribution < 1.29 is 18.7 Å². The minimum Gasteiger partial charge on any atom is -0.491 e. The highest BCUT2D eigenvalue weighted by atomic mass is 35.5. The summed E-state index contributed by atoms with van der Waals surface area (Å²) in [6.07, 6.45) is 21.6. The van der Waals surface area contributed by atoms with Crippen molar-refractivity contribution in [2.45, 2.75) is 179 Å². The number of carbonyl (C=O) groups is 1. The summed E-state index contributed by atoms with van der Waals surface area (Å²) in [7, 11) is 10.2. The van der Waals surface area contributed by atoms with Crippen LogP contribution >= 0.6 is 11.6 Å². The van der Waals surface area contributed by atoms with Crippen LogP contribution in [0.5, 0.6) is 17.2 Å². The standard InChI is InChI=1S/C23H28N4O2.C23H37N3.C20H28ClN3O.C18H26FN3/c1-4-5-14-27(3)16-18-15-25-26-22(18)17-10-12-19(13-11-17)29-21-9-7-6-8-20(21)23(28)24-2;1-7-8-9-26(6)16-22-15-24-25-23(22)21-13-19(10-17(2)3)12-20(14-21)11-18(4)5;1-4-5-8-24(3)12-17-11-22-23-19(17)16-9-14(2)20(18(21)10-16)25-13-15-6-7-15;1-5-8-22(4)12-16-11-20-21-18(16)14-6-7-17(19)15(10-14)9-13(2)3/h6-13,15H,4-5,14,16H2,1-3H3,(H,24,28)(H,25,26);12-15,17-18H,7-11,16H2,1-6H3,(H,24,25);9-11,15H,4-8,12-13H2,1-3H3,(H,22,23);6-7,10-11,13H,5,8-9,12H2,1-4H3,(H,20,21). The maximum Gasteiger partial charge on any atom is 0.254 e. The number of para-hydroxylation sites is 1. The second-order valence-electron chi connectivity index (χ2n) is 29.3. The fourth-order valence-electron chi connectivity index (χ4n) is 12.5. The lowest BCUT2D eigenvalue weighted by atomic mass is 9.93. The summed E-state index contributed by atoms with van der Waals surface area (Å²) in [5, 5.41) is 32.9. The van der Waals surface area contributed by atoms with E-state index in [1.807, 2.05) is 79.4 Å². The van der Waals surface area contributed by atoms with E-state index in [1.165, 1.54) is 90.4 Å². The van der Waals surface area contributed by atoms with Gasteiger partial charge in [0.2, 0.25) is 0 Å². The zero-order valence-electron chi connectivity index (χ0n) is 64.3. The zero-order chi connectivity index (χ0) is 73.7. The molecule has 1 aliphatic carbocycles. The Bertz CT molecular complexity index is 3870. The Morgan fingerprint density at radius 2 is 0.980 bits per heavy atom. The summed E-state index contributed by atoms with van der Waals surface area (Å²) >= 11 is 6.51. The van der Waals surface area contributed by atoms with Crippen LogP contribution in [0.4, 0.5) is 4.39 Å². The summed E-state index contributed by atoms with van der Waals surface area (Å²) in [6.45, 7) is 32.9. The summed E-state index contributed by atoms with van der Waals surface area (Å²) in [6, 6.07) is 31.6. The molecule has 0 saturated heterocycles. The molecule has 5 aromatic carbocycles. The first-order chi connectivity index (χ1) is 49.1. The molecule has 5 N–H and O–H groups in total. The number of carbonyl (C=O) groups excluding carboxylic acids is 1. The van der Waals surface area contributed by atoms with Gasteiger partial charge in [0, 0.05) is 77.7 Å². The molecule has 10 rings (SSSR count). The summed E-state index contributed by atoms with van der Waals surface area (Å²) < 4.78 is 25.8. The van der Waals surface area contributed by atoms with E-state index >= 15 is 0 Å². The lowest BCUT2D eigenvalue weighted by Crippen LogP contribution is -2.19. The average Bonchev–Trinajstić information content (AvgIpc) is 1.79. The number of hydrogen-bond acceptors (Lipinski definition) is 11. The molecule has 0 radical (unpaired) electrons. The number of halogens is 2. The molecule has 18 heteroatoms. The molecule has 0 unspecified atom stereocenters. The van der Waals surface area contributed by atoms with Crippen LogP contribution < -0.4 is 14.8 Å². The first kappa shape index (κ1) is 81.4. The number of aromatic amines is 4. The number of hydrogen-bond donors (Lipinski definition) is 5. The van der Waals surface area contributed by atoms with Crippen molar-refractivity contribution in [3.8, 4) is 62.3 Å². The summed E-state index contributed by atoms with van der Waals surface area (Å²) in [5.74, 6) is 4.20. The molecular formula is C84H119ClFN13O3. The van der Waals surface area contributed by atoms with Gasteiger partial charge < -0.3 is 34.4 Å². The molecule has 0 bridgehead atoms. The fraction of sp³-hybridized carbons (Fsp3) is 0.488. The predicted octanol–water partition coefficient (Wildman–Crippen LogP) is 19.5. The molecular weight excluding hydrogens is 1290 g/mol. The molecule has 0 aliphatic heterocycles. The number of aromatic nitrogens is 8. The maximum atomic E-state index is 13.9. The van der Waals surface area contributed by atoms with E-state index in [1.54, 1.807) is 25.2 Å². The molecule has 1 fully saturated rings. The lowest BCUT2D eigenvalue weighted by molar-refractivity contribution is 0.0960. The number of amides is 1. The van der Waals surface area contributed by atoms with Crippen molar-refractivity contribution in [1.29, 1.82) is 0 Å². The van der Waals surface area contributed by atoms with E-state index in [4.69, 9.17) is 21.1 Å². The number of benzene rings is 5. The third-order valence-electron chi connectivity index (χ3n) is 17.9. The maximum absolute atomic E-state index is 13.9. The third kappa shape index (κ3) is 26.1. The Morgan fingerprint density at radius 1 is 0.539 bits per heavy atom. The Hall–Kier alpha value is -7.93. The lowest BCUT2D eigenvalue weighted by Gasteiger charge is -2.17. The van der Waals surface area contributed by atoms with Crippen LogP contribution in [-0.4, -0.2) is 134 Å². The minimum absolute atomic E-state index is 0.124. The first-order valence-electron chi connectivity index (χ1n) is 37.4. The van der Waals surface area contributed by atoms with Gasteiger partial charge in [-0.1, -0.05) is 118 Å². The fourth-order valence-corrected chi connectivity index (χ4v) is 12.8. The summed E-state index contributed by atoms with van der Waals surface area (Å²) in [5.41, 5.74) is 18.7. The molecule has 1 amide bonds. The normalized spacial score (nSPS) is 12.1. The van der Waals surface area contributed by atoms with Gasteiger partial charge in [-0.2, -0.15) is 20.4 Å². The average molecular weight is 1410 g/mol. The molecule has 1 aliphatic rings. The topological polar surface area (TPSA) is 175 Å². The van der Waals surface area contributed by atoms with Crippen molar-refractivity contribution in [2.75, 3.05) is 68.0 Å². The van der Waals surface area contributed by atoms with Crippen molar-refractivity contribution in [2.24, 2.45) is 23.7 Å². The first-order valence-corrected chi connectivity index (χ1v) is 37.8. The van der Waals surface area contributed by atoms with E-state index in [0.717, 1.165) is 141 Å². The van der Waals surface area contributed by atoms with Crippen LogP contribution in [0.1, 0.15) is 182 Å². The van der Waals surface area contributed by atoms with Crippen molar-refractivity contribution in [1.82, 2.24) is 65.7 Å². The largest absolute Gasteiger partial charge is 0.491 e. The Morgan fingerprint density at radius 3 is 1.42 bits per heavy atom. The molecule has 0 atom stereocenters. The van der Waals surface area contributed by atoms with Gasteiger partial charge in [0.05, 0.1) is 64.8 Å². The van der Waals surface area contributed by atoms with Crippen LogP contribution in [0.2, 0.25) is 5.02 Å². The van der Waals surface area contributed by atoms with Crippen molar-refractivity contribution >= 4 is 17.5 Å². The van der Waals surface area contributed by atoms with Gasteiger partial charge in [-0.15, -0.1) is 0 Å². The minimum atomic E-state index is -0.175. The second kappa shape index (κ2) is 42.0. The molecule has 1 saturated carbocycles. The highest BCUT2D eigenvalue weighted by Gasteiger charge is 2.24. The van der Waals surface area contributed by atoms with Gasteiger partial charge in [0.15, 0.2) is 0 Å². The van der Waals surface area contributed by atoms with E-state index in [-0.39, 0.29) is 11.7 Å². The van der Waals surface area contributed by atoms with Crippen molar-refractivity contribution in [3.05, 3.63) is 183 Å². The van der Waals surface area contributed by atoms with Gasteiger partial charge >= 0.3 is 0 Å². The molecule has 0 spiro atoms. The number of unbranched alkanes of at least 4 members (excludes halogenated alkanes) is 3. The van der Waals surface area contributed by atoms with Gasteiger partial charge in [-0.3, -0.25) is 25.2 Å². The predicted molar refractivity (Wildman–Crippen MR) is 420 cm³/mol. The highest BCUT2D eigenvalue weighted by Crippen LogP contribution is 2.38. The van der Waals surface area contributed by atoms with E-state index in [9.17, 15) is 9.18 Å². The number of aryl methyl sites for hydroxylation is 1. The number of ether oxygens (including phenoxy) is 2. The monoisotopic (exact) mass is 1410 g/mol. The van der Waals surface area contributed by atoms with Crippen LogP contribution in [-0.2, 0) is 45.4 Å². The zero-order valence-corrected chi connectivity index (χ0v) is 65.0. The Labute approximate surface area is 614 Å². The summed E-state index contributed by atoms with van der Waals surface area (Å²) in [4.78, 5) is 21.3. The second-order valence-corrected chi connectivity index (χ2v) is 29.7. The van der Waals surface area contributed by atoms with E-state index < -0.39 is 0 Å². The molecule has 9 aromatic rings. The Balaban J connectivity index is 0.000000191. The van der Waals surface area contributed by atoms with Gasteiger partial charge in [-0.05, 0) is 244 Å². The number of H-pyrrole nitrogens is 4. The van der Waals surface area contributed by atoms with Gasteiger partial charge in [0.1, 0.15) is 23.1 Å². The smallest absolute Gasteiger partial charge is 0.254 e. The van der Waals surface area contributed by atoms with Crippen LogP contribution in [0.25, 0.3) is 45.0 Å². The molecule has 4 heterocycles. The number of nitrogens with one attached hydrogen (secondary N) is 5. The van der Waals surface area contributed by atoms with E-state index in [2.05, 4.69) is 194 Å². The van der Waals surface area contributed by atoms with Gasteiger partial charge in [-0.25, -0.2) is 4.39 Å². The van der Waals surface area contributed by atoms with E-state index in [0.29, 0.717) is 45.8 Å². The molecule has 102 heavy (non-hydrogen) atoms. The number of rotatable bonds is 35.